The second kappa shape index (κ2) is 10.9. The molecule has 0 amide bonds. The molecule has 0 aliphatic heterocycles. The minimum atomic E-state index is -0.00302. The number of unbranched alkanes of at least 4 members (excludes halogenated alkanes) is 3. The smallest absolute Gasteiger partial charge is 0.876 e. The van der Waals surface area contributed by atoms with Crippen molar-refractivity contribution in [1.82, 2.24) is 0 Å². The van der Waals surface area contributed by atoms with E-state index in [4.69, 9.17) is 0 Å². The molecule has 0 rings (SSSR count). The van der Waals surface area contributed by atoms with Crippen molar-refractivity contribution in [2.24, 2.45) is 0 Å². The normalized spacial score (nSPS) is 9.75. The largest absolute Gasteiger partial charge is 1.00 e. The zero-order valence-electron chi connectivity index (χ0n) is 8.31. The fraction of sp³-hybridized carbons (Fsp3) is 0.600. The molecule has 0 aromatic carbocycles. The number of hydrogen-bond donors (Lipinski definition) is 0. The molecule has 0 unspecified atom stereocenters. The van der Waals surface area contributed by atoms with Crippen molar-refractivity contribution < 1.29 is 24.0 Å². The Morgan fingerprint density at radius 2 is 2.00 bits per heavy atom. The van der Waals surface area contributed by atoms with Crippen LogP contribution in [0.15, 0.2) is 24.5 Å². The molecule has 0 saturated heterocycles. The predicted molar refractivity (Wildman–Crippen MR) is 47.0 cm³/mol. The fourth-order valence-corrected chi connectivity index (χ4v) is 0.845. The Hall–Kier alpha value is -0.123. The Labute approximate surface area is 87.7 Å². The van der Waals surface area contributed by atoms with Crippen LogP contribution >= 0.6 is 0 Å². The van der Waals surface area contributed by atoms with Gasteiger partial charge in [0.15, 0.2) is 0 Å². The number of allylic oxidation sites excluding steroid dienone is 2. The van der Waals surface area contributed by atoms with Crippen molar-refractivity contribution in [3.63, 3.8) is 0 Å². The molecule has 2 heteroatoms. The maximum atomic E-state index is 10.4. The second-order valence-electron chi connectivity index (χ2n) is 2.71. The van der Waals surface area contributed by atoms with E-state index < -0.39 is 0 Å². The molecule has 12 heavy (non-hydrogen) atoms. The Bertz CT molecular complexity index is 130. The van der Waals surface area contributed by atoms with Gasteiger partial charge in [-0.2, -0.15) is 0 Å². The third kappa shape index (κ3) is 12.5. The first-order chi connectivity index (χ1) is 5.27. The van der Waals surface area contributed by atoms with E-state index in [0.717, 1.165) is 6.42 Å². The van der Waals surface area contributed by atoms with Crippen LogP contribution in [0.2, 0.25) is 0 Å². The molecule has 0 aliphatic carbocycles. The van der Waals surface area contributed by atoms with Crippen molar-refractivity contribution in [2.45, 2.75) is 39.0 Å². The molecule has 0 aromatic heterocycles. The van der Waals surface area contributed by atoms with Crippen molar-refractivity contribution >= 4 is 0 Å². The first kappa shape index (κ1) is 14.4. The van der Waals surface area contributed by atoms with E-state index >= 15 is 0 Å². The monoisotopic (exact) mass is 160 g/mol. The molecule has 0 N–H and O–H groups in total. The number of hydrogen-bond acceptors (Lipinski definition) is 1. The molecule has 0 radical (unpaired) electrons. The summed E-state index contributed by atoms with van der Waals surface area (Å²) in [5.41, 5.74) is 0. The molecule has 64 valence electrons. The third-order valence-electron chi connectivity index (χ3n) is 1.49. The van der Waals surface area contributed by atoms with Gasteiger partial charge in [0.2, 0.25) is 0 Å². The molecule has 0 bridgehead atoms. The Morgan fingerprint density at radius 3 is 2.50 bits per heavy atom. The summed E-state index contributed by atoms with van der Waals surface area (Å²) in [7, 11) is 0. The van der Waals surface area contributed by atoms with Crippen molar-refractivity contribution in [3.05, 3.63) is 24.5 Å². The third-order valence-corrected chi connectivity index (χ3v) is 1.49. The van der Waals surface area contributed by atoms with Gasteiger partial charge in [-0.15, -0.1) is 12.3 Å². The average molecular weight is 160 g/mol. The van der Waals surface area contributed by atoms with E-state index in [1.807, 2.05) is 6.08 Å². The van der Waals surface area contributed by atoms with E-state index in [-0.39, 0.29) is 24.6 Å². The standard InChI is InChI=1S/C10H18O.Li/c1-3-4-5-6-7-8-9-10(2)11;/h7-8,11H,2-6,9H2,1H3;/q;+1/p-1/b8-7+;. The van der Waals surface area contributed by atoms with E-state index in [1.54, 1.807) is 0 Å². The van der Waals surface area contributed by atoms with Crippen LogP contribution in [0, 0.1) is 0 Å². The molecule has 0 aliphatic rings. The zero-order valence-corrected chi connectivity index (χ0v) is 8.31. The van der Waals surface area contributed by atoms with Gasteiger partial charge in [0, 0.05) is 0 Å². The quantitative estimate of drug-likeness (QED) is 0.220. The Kier molecular flexibility index (Phi) is 13.1. The summed E-state index contributed by atoms with van der Waals surface area (Å²) in [4.78, 5) is 0. The molecule has 1 nitrogen and oxygen atoms in total. The van der Waals surface area contributed by atoms with Gasteiger partial charge in [0.1, 0.15) is 0 Å². The molecule has 0 atom stereocenters. The second-order valence-corrected chi connectivity index (χ2v) is 2.71. The predicted octanol–water partition coefficient (Wildman–Crippen LogP) is -0.609. The SMILES string of the molecule is C=C([O-])C/C=C/CCCCC.[Li+]. The van der Waals surface area contributed by atoms with Crippen LogP contribution in [0.5, 0.6) is 0 Å². The van der Waals surface area contributed by atoms with Gasteiger partial charge < -0.3 is 5.11 Å². The van der Waals surface area contributed by atoms with Crippen LogP contribution in [0.4, 0.5) is 0 Å². The van der Waals surface area contributed by atoms with Gasteiger partial charge in [0.05, 0.1) is 0 Å². The van der Waals surface area contributed by atoms with E-state index in [1.165, 1.54) is 19.3 Å². The first-order valence-corrected chi connectivity index (χ1v) is 4.27. The first-order valence-electron chi connectivity index (χ1n) is 4.27. The van der Waals surface area contributed by atoms with Gasteiger partial charge in [-0.25, -0.2) is 0 Å². The van der Waals surface area contributed by atoms with Gasteiger partial charge in [-0.05, 0) is 19.3 Å². The molecule has 0 heterocycles. The average Bonchev–Trinajstić information content (AvgIpc) is 1.96. The molecule has 0 spiro atoms. The summed E-state index contributed by atoms with van der Waals surface area (Å²) < 4.78 is 0. The summed E-state index contributed by atoms with van der Waals surface area (Å²) in [6.07, 6.45) is 9.33. The summed E-state index contributed by atoms with van der Waals surface area (Å²) in [5.74, 6) is -0.00302. The van der Waals surface area contributed by atoms with E-state index in [2.05, 4.69) is 19.6 Å². The molecule has 0 saturated carbocycles. The summed E-state index contributed by atoms with van der Waals surface area (Å²) >= 11 is 0. The minimum absolute atomic E-state index is 0. The maximum absolute atomic E-state index is 10.4. The minimum Gasteiger partial charge on any atom is -0.876 e. The van der Waals surface area contributed by atoms with E-state index in [0.29, 0.717) is 6.42 Å². The van der Waals surface area contributed by atoms with Gasteiger partial charge in [-0.1, -0.05) is 31.9 Å². The maximum Gasteiger partial charge on any atom is 1.00 e. The molecule has 0 fully saturated rings. The van der Waals surface area contributed by atoms with E-state index in [9.17, 15) is 5.11 Å². The van der Waals surface area contributed by atoms with Crippen LogP contribution in [0.25, 0.3) is 0 Å². The summed E-state index contributed by atoms with van der Waals surface area (Å²) in [6.45, 7) is 5.47. The molecular weight excluding hydrogens is 143 g/mol. The van der Waals surface area contributed by atoms with Crippen LogP contribution in [-0.2, 0) is 0 Å². The van der Waals surface area contributed by atoms with Crippen molar-refractivity contribution in [3.8, 4) is 0 Å². The number of rotatable bonds is 6. The fourth-order valence-electron chi connectivity index (χ4n) is 0.845. The zero-order chi connectivity index (χ0) is 8.53. The topological polar surface area (TPSA) is 23.1 Å². The van der Waals surface area contributed by atoms with Crippen LogP contribution in [0.3, 0.4) is 0 Å². The molecular formula is C10H17LiO. The summed E-state index contributed by atoms with van der Waals surface area (Å²) in [6, 6.07) is 0. The van der Waals surface area contributed by atoms with Crippen LogP contribution in [0.1, 0.15) is 39.0 Å². The Balaban J connectivity index is 0. The van der Waals surface area contributed by atoms with Crippen LogP contribution in [-0.4, -0.2) is 0 Å². The summed E-state index contributed by atoms with van der Waals surface area (Å²) in [5, 5.41) is 10.4. The molecule has 0 aromatic rings. The Morgan fingerprint density at radius 1 is 1.33 bits per heavy atom. The van der Waals surface area contributed by atoms with Gasteiger partial charge in [-0.3, -0.25) is 0 Å². The van der Waals surface area contributed by atoms with Crippen molar-refractivity contribution in [1.29, 1.82) is 0 Å². The van der Waals surface area contributed by atoms with Crippen molar-refractivity contribution in [2.75, 3.05) is 0 Å². The van der Waals surface area contributed by atoms with Gasteiger partial charge >= 0.3 is 18.9 Å². The van der Waals surface area contributed by atoms with Crippen LogP contribution < -0.4 is 24.0 Å². The van der Waals surface area contributed by atoms with Gasteiger partial charge in [0.25, 0.3) is 0 Å².